The van der Waals surface area contributed by atoms with Crippen LogP contribution in [0.5, 0.6) is 0 Å². The van der Waals surface area contributed by atoms with Crippen molar-refractivity contribution in [3.05, 3.63) is 68.1 Å². The number of hydrogen-bond donors (Lipinski definition) is 1. The Hall–Kier alpha value is -1.07. The molecule has 1 aliphatic rings. The third-order valence-electron chi connectivity index (χ3n) is 4.39. The number of rotatable bonds is 4. The number of carboxylic acids is 1. The van der Waals surface area contributed by atoms with Gasteiger partial charge in [-0.25, -0.2) is 0 Å². The summed E-state index contributed by atoms with van der Waals surface area (Å²) in [4.78, 5) is 13.7. The maximum Gasteiger partial charge on any atom is 0.320 e. The Morgan fingerprint density at radius 1 is 1.17 bits per heavy atom. The molecule has 0 radical (unpaired) electrons. The first kappa shape index (κ1) is 17.7. The number of halogens is 3. The highest BCUT2D eigenvalue weighted by Crippen LogP contribution is 2.42. The van der Waals surface area contributed by atoms with Gasteiger partial charge in [0.25, 0.3) is 0 Å². The molecule has 2 aromatic rings. The summed E-state index contributed by atoms with van der Waals surface area (Å²) in [6.45, 7) is 0.700. The molecular formula is C18H16BrCl2NO2. The minimum Gasteiger partial charge on any atom is -0.480 e. The molecule has 0 saturated carbocycles. The molecule has 1 aliphatic heterocycles. The van der Waals surface area contributed by atoms with Crippen molar-refractivity contribution < 1.29 is 9.90 Å². The van der Waals surface area contributed by atoms with Gasteiger partial charge in [-0.2, -0.15) is 0 Å². The average Bonchev–Trinajstić information content (AvgIpc) is 3.03. The monoisotopic (exact) mass is 427 g/mol. The highest BCUT2D eigenvalue weighted by molar-refractivity contribution is 9.10. The number of likely N-dealkylation sites (tertiary alicyclic amines) is 1. The Bertz CT molecular complexity index is 768. The Labute approximate surface area is 159 Å². The summed E-state index contributed by atoms with van der Waals surface area (Å²) in [5, 5.41) is 10.5. The molecule has 2 atom stereocenters. The molecule has 0 amide bonds. The number of hydrogen-bond acceptors (Lipinski definition) is 2. The fraction of sp³-hybridized carbons (Fsp3) is 0.278. The summed E-state index contributed by atoms with van der Waals surface area (Å²) >= 11 is 16.3. The van der Waals surface area contributed by atoms with E-state index in [4.69, 9.17) is 23.2 Å². The van der Waals surface area contributed by atoms with Crippen LogP contribution in [-0.4, -0.2) is 28.6 Å². The van der Waals surface area contributed by atoms with Crippen molar-refractivity contribution in [2.75, 3.05) is 6.54 Å². The van der Waals surface area contributed by atoms with Crippen LogP contribution in [0.2, 0.25) is 10.0 Å². The first-order valence-corrected chi connectivity index (χ1v) is 9.22. The van der Waals surface area contributed by atoms with Gasteiger partial charge >= 0.3 is 5.97 Å². The van der Waals surface area contributed by atoms with Crippen molar-refractivity contribution in [1.82, 2.24) is 4.90 Å². The van der Waals surface area contributed by atoms with Crippen LogP contribution in [0, 0.1) is 0 Å². The van der Waals surface area contributed by atoms with Gasteiger partial charge in [0.1, 0.15) is 6.04 Å². The molecule has 1 fully saturated rings. The summed E-state index contributed by atoms with van der Waals surface area (Å²) in [5.74, 6) is -0.803. The Balaban J connectivity index is 2.16. The lowest BCUT2D eigenvalue weighted by Gasteiger charge is -2.33. The minimum atomic E-state index is -0.803. The number of benzene rings is 2. The van der Waals surface area contributed by atoms with Gasteiger partial charge in [-0.05, 0) is 36.1 Å². The zero-order chi connectivity index (χ0) is 17.3. The summed E-state index contributed by atoms with van der Waals surface area (Å²) in [5.41, 5.74) is 1.80. The van der Waals surface area contributed by atoms with Crippen molar-refractivity contribution in [3.8, 4) is 0 Å². The predicted molar refractivity (Wildman–Crippen MR) is 99.8 cm³/mol. The smallest absolute Gasteiger partial charge is 0.320 e. The van der Waals surface area contributed by atoms with Crippen LogP contribution < -0.4 is 0 Å². The predicted octanol–water partition coefficient (Wildman–Crippen LogP) is 5.39. The van der Waals surface area contributed by atoms with E-state index in [1.807, 2.05) is 41.3 Å². The molecule has 126 valence electrons. The Morgan fingerprint density at radius 2 is 1.88 bits per heavy atom. The fourth-order valence-corrected chi connectivity index (χ4v) is 4.23. The SMILES string of the molecule is O=C(O)C1CCCN1C(c1ccccc1Br)c1cccc(Cl)c1Cl. The second kappa shape index (κ2) is 7.44. The molecule has 1 N–H and O–H groups in total. The van der Waals surface area contributed by atoms with Crippen LogP contribution in [0.3, 0.4) is 0 Å². The summed E-state index contributed by atoms with van der Waals surface area (Å²) < 4.78 is 0.919. The quantitative estimate of drug-likeness (QED) is 0.709. The van der Waals surface area contributed by atoms with Crippen molar-refractivity contribution >= 4 is 45.1 Å². The third-order valence-corrected chi connectivity index (χ3v) is 5.94. The molecule has 3 rings (SSSR count). The van der Waals surface area contributed by atoms with Crippen LogP contribution in [0.1, 0.15) is 30.0 Å². The van der Waals surface area contributed by atoms with Gasteiger partial charge in [0.15, 0.2) is 0 Å². The Morgan fingerprint density at radius 3 is 2.58 bits per heavy atom. The van der Waals surface area contributed by atoms with Gasteiger partial charge < -0.3 is 5.11 Å². The van der Waals surface area contributed by atoms with Crippen LogP contribution >= 0.6 is 39.1 Å². The van der Waals surface area contributed by atoms with Crippen molar-refractivity contribution in [2.45, 2.75) is 24.9 Å². The van der Waals surface area contributed by atoms with E-state index >= 15 is 0 Å². The third kappa shape index (κ3) is 3.33. The second-order valence-electron chi connectivity index (χ2n) is 5.80. The molecule has 2 unspecified atom stereocenters. The molecule has 1 heterocycles. The number of aliphatic carboxylic acids is 1. The van der Waals surface area contributed by atoms with Gasteiger partial charge in [-0.3, -0.25) is 9.69 Å². The topological polar surface area (TPSA) is 40.5 Å². The van der Waals surface area contributed by atoms with E-state index in [0.717, 1.165) is 22.0 Å². The second-order valence-corrected chi connectivity index (χ2v) is 7.44. The molecule has 1 saturated heterocycles. The van der Waals surface area contributed by atoms with E-state index in [2.05, 4.69) is 15.9 Å². The van der Waals surface area contributed by atoms with Gasteiger partial charge in [0, 0.05) is 11.0 Å². The lowest BCUT2D eigenvalue weighted by molar-refractivity contribution is -0.142. The maximum atomic E-state index is 11.7. The average molecular weight is 429 g/mol. The van der Waals surface area contributed by atoms with Crippen LogP contribution in [-0.2, 0) is 4.79 Å². The molecule has 0 bridgehead atoms. The molecule has 24 heavy (non-hydrogen) atoms. The largest absolute Gasteiger partial charge is 0.480 e. The lowest BCUT2D eigenvalue weighted by atomic mass is 9.96. The van der Waals surface area contributed by atoms with E-state index < -0.39 is 12.0 Å². The van der Waals surface area contributed by atoms with Crippen LogP contribution in [0.25, 0.3) is 0 Å². The van der Waals surface area contributed by atoms with Crippen molar-refractivity contribution in [2.24, 2.45) is 0 Å². The number of carbonyl (C=O) groups is 1. The zero-order valence-electron chi connectivity index (χ0n) is 12.8. The molecule has 3 nitrogen and oxygen atoms in total. The molecule has 0 aliphatic carbocycles. The highest BCUT2D eigenvalue weighted by Gasteiger charge is 2.38. The summed E-state index contributed by atoms with van der Waals surface area (Å²) in [7, 11) is 0. The highest BCUT2D eigenvalue weighted by atomic mass is 79.9. The number of nitrogens with zero attached hydrogens (tertiary/aromatic N) is 1. The van der Waals surface area contributed by atoms with E-state index in [-0.39, 0.29) is 6.04 Å². The molecule has 0 aromatic heterocycles. The summed E-state index contributed by atoms with van der Waals surface area (Å²) in [6.07, 6.45) is 1.48. The minimum absolute atomic E-state index is 0.268. The van der Waals surface area contributed by atoms with Gasteiger partial charge in [0.2, 0.25) is 0 Å². The lowest BCUT2D eigenvalue weighted by Crippen LogP contribution is -2.39. The van der Waals surface area contributed by atoms with E-state index in [1.165, 1.54) is 0 Å². The van der Waals surface area contributed by atoms with E-state index in [0.29, 0.717) is 23.0 Å². The van der Waals surface area contributed by atoms with Gasteiger partial charge in [0.05, 0.1) is 16.1 Å². The van der Waals surface area contributed by atoms with E-state index in [9.17, 15) is 9.90 Å². The maximum absolute atomic E-state index is 11.7. The molecule has 0 spiro atoms. The molecular weight excluding hydrogens is 413 g/mol. The van der Waals surface area contributed by atoms with Gasteiger partial charge in [-0.15, -0.1) is 0 Å². The Kier molecular flexibility index (Phi) is 5.50. The van der Waals surface area contributed by atoms with Crippen molar-refractivity contribution in [3.63, 3.8) is 0 Å². The first-order chi connectivity index (χ1) is 11.5. The standard InChI is InChI=1S/C18H16BrCl2NO2/c19-13-7-2-1-5-11(13)17(12-6-3-8-14(20)16(12)21)22-10-4-9-15(22)18(23)24/h1-3,5-8,15,17H,4,9-10H2,(H,23,24). The van der Waals surface area contributed by atoms with Crippen LogP contribution in [0.15, 0.2) is 46.9 Å². The fourth-order valence-electron chi connectivity index (χ4n) is 3.32. The number of carboxylic acid groups (broad SMARTS) is 1. The normalized spacial score (nSPS) is 19.4. The van der Waals surface area contributed by atoms with Crippen LogP contribution in [0.4, 0.5) is 0 Å². The van der Waals surface area contributed by atoms with Gasteiger partial charge in [-0.1, -0.05) is 69.5 Å². The molecule has 6 heteroatoms. The van der Waals surface area contributed by atoms with Crippen molar-refractivity contribution in [1.29, 1.82) is 0 Å². The summed E-state index contributed by atoms with van der Waals surface area (Å²) in [6, 6.07) is 12.5. The van der Waals surface area contributed by atoms with E-state index in [1.54, 1.807) is 6.07 Å². The first-order valence-electron chi connectivity index (χ1n) is 7.67. The molecule has 2 aromatic carbocycles. The zero-order valence-corrected chi connectivity index (χ0v) is 15.9.